The second-order valence-electron chi connectivity index (χ2n) is 2.76. The lowest BCUT2D eigenvalue weighted by atomic mass is 10.3. The maximum Gasteiger partial charge on any atom is 0.323 e. The molecular formula is C7H13N5O2S. The quantitative estimate of drug-likeness (QED) is 0.517. The van der Waals surface area contributed by atoms with Gasteiger partial charge in [0.15, 0.2) is 0 Å². The molecule has 15 heavy (non-hydrogen) atoms. The summed E-state index contributed by atoms with van der Waals surface area (Å²) in [7, 11) is 4.81. The Bertz CT molecular complexity index is 329. The van der Waals surface area contributed by atoms with Crippen molar-refractivity contribution >= 4 is 17.7 Å². The number of tetrazole rings is 1. The molecule has 0 aliphatic carbocycles. The lowest BCUT2D eigenvalue weighted by molar-refractivity contribution is -0.142. The van der Waals surface area contributed by atoms with Crippen molar-refractivity contribution in [2.24, 2.45) is 7.05 Å². The van der Waals surface area contributed by atoms with Gasteiger partial charge in [-0.3, -0.25) is 4.79 Å². The maximum atomic E-state index is 11.2. The molecule has 0 fully saturated rings. The third kappa shape index (κ3) is 3.17. The van der Waals surface area contributed by atoms with Crippen molar-refractivity contribution in [1.29, 1.82) is 0 Å². The van der Waals surface area contributed by atoms with Crippen LogP contribution in [0.2, 0.25) is 0 Å². The zero-order valence-electron chi connectivity index (χ0n) is 8.80. The predicted molar refractivity (Wildman–Crippen MR) is 54.4 cm³/mol. The van der Waals surface area contributed by atoms with E-state index in [0.717, 1.165) is 0 Å². The number of thioether (sulfide) groups is 1. The molecule has 1 rings (SSSR count). The van der Waals surface area contributed by atoms with E-state index in [1.165, 1.54) is 18.9 Å². The molecule has 7 nitrogen and oxygen atoms in total. The predicted octanol–water partition coefficient (Wildman–Crippen LogP) is -0.937. The summed E-state index contributed by atoms with van der Waals surface area (Å²) in [4.78, 5) is 11.2. The molecule has 0 spiro atoms. The van der Waals surface area contributed by atoms with Crippen molar-refractivity contribution in [3.05, 3.63) is 0 Å². The van der Waals surface area contributed by atoms with Gasteiger partial charge in [-0.2, -0.15) is 0 Å². The number of esters is 1. The molecule has 1 aromatic heterocycles. The molecule has 1 atom stereocenters. The molecule has 0 bridgehead atoms. The third-order valence-electron chi connectivity index (χ3n) is 1.79. The van der Waals surface area contributed by atoms with E-state index in [2.05, 4.69) is 25.6 Å². The van der Waals surface area contributed by atoms with Gasteiger partial charge in [0.25, 0.3) is 0 Å². The van der Waals surface area contributed by atoms with Crippen molar-refractivity contribution in [2.75, 3.05) is 19.9 Å². The monoisotopic (exact) mass is 231 g/mol. The Balaban J connectivity index is 2.48. The van der Waals surface area contributed by atoms with Crippen LogP contribution < -0.4 is 5.32 Å². The molecule has 0 saturated heterocycles. The van der Waals surface area contributed by atoms with Crippen molar-refractivity contribution in [1.82, 2.24) is 25.5 Å². The zero-order valence-corrected chi connectivity index (χ0v) is 9.61. The number of hydrogen-bond donors (Lipinski definition) is 1. The number of ether oxygens (including phenoxy) is 1. The van der Waals surface area contributed by atoms with Crippen LogP contribution in [0.3, 0.4) is 0 Å². The Labute approximate surface area is 91.6 Å². The van der Waals surface area contributed by atoms with Crippen LogP contribution in [-0.4, -0.2) is 52.1 Å². The molecule has 0 amide bonds. The molecule has 0 aliphatic heterocycles. The molecule has 0 aliphatic rings. The van der Waals surface area contributed by atoms with E-state index in [9.17, 15) is 4.79 Å². The first-order valence-electron chi connectivity index (χ1n) is 4.29. The Kier molecular flexibility index (Phi) is 4.50. The zero-order chi connectivity index (χ0) is 11.3. The van der Waals surface area contributed by atoms with E-state index in [1.54, 1.807) is 18.8 Å². The average Bonchev–Trinajstić information content (AvgIpc) is 2.65. The summed E-state index contributed by atoms with van der Waals surface area (Å²) in [5.74, 6) is 0.234. The van der Waals surface area contributed by atoms with Crippen LogP contribution >= 0.6 is 11.8 Å². The van der Waals surface area contributed by atoms with Gasteiger partial charge in [0.05, 0.1) is 7.11 Å². The van der Waals surface area contributed by atoms with Gasteiger partial charge in [0.2, 0.25) is 5.16 Å². The van der Waals surface area contributed by atoms with Gasteiger partial charge in [-0.05, 0) is 17.5 Å². The molecule has 0 radical (unpaired) electrons. The molecule has 84 valence electrons. The minimum atomic E-state index is -0.350. The number of nitrogens with one attached hydrogen (secondary N) is 1. The number of likely N-dealkylation sites (N-methyl/N-ethyl adjacent to an activating group) is 1. The number of nitrogens with zero attached hydrogens (tertiary/aromatic N) is 4. The van der Waals surface area contributed by atoms with Crippen molar-refractivity contribution in [3.63, 3.8) is 0 Å². The van der Waals surface area contributed by atoms with Gasteiger partial charge in [0, 0.05) is 12.8 Å². The number of methoxy groups -OCH3 is 1. The van der Waals surface area contributed by atoms with Crippen LogP contribution in [0, 0.1) is 0 Å². The van der Waals surface area contributed by atoms with Gasteiger partial charge in [-0.25, -0.2) is 4.68 Å². The summed E-state index contributed by atoms with van der Waals surface area (Å²) in [6.07, 6.45) is 0. The van der Waals surface area contributed by atoms with E-state index in [1.807, 2.05) is 0 Å². The highest BCUT2D eigenvalue weighted by molar-refractivity contribution is 7.99. The van der Waals surface area contributed by atoms with E-state index in [0.29, 0.717) is 10.9 Å². The lowest BCUT2D eigenvalue weighted by Gasteiger charge is -2.11. The number of aromatic nitrogens is 4. The fourth-order valence-electron chi connectivity index (χ4n) is 0.913. The molecular weight excluding hydrogens is 218 g/mol. The molecule has 1 heterocycles. The molecule has 0 aromatic carbocycles. The average molecular weight is 231 g/mol. The highest BCUT2D eigenvalue weighted by atomic mass is 32.2. The van der Waals surface area contributed by atoms with E-state index >= 15 is 0 Å². The van der Waals surface area contributed by atoms with E-state index < -0.39 is 0 Å². The third-order valence-corrected chi connectivity index (χ3v) is 2.90. The summed E-state index contributed by atoms with van der Waals surface area (Å²) in [6, 6.07) is -0.350. The first kappa shape index (κ1) is 11.9. The second kappa shape index (κ2) is 5.66. The Hall–Kier alpha value is -1.15. The minimum Gasteiger partial charge on any atom is -0.468 e. The number of carbonyl (C=O) groups excluding carboxylic acids is 1. The summed E-state index contributed by atoms with van der Waals surface area (Å²) in [6.45, 7) is 0. The van der Waals surface area contributed by atoms with Gasteiger partial charge in [0.1, 0.15) is 6.04 Å². The molecule has 1 aromatic rings. The van der Waals surface area contributed by atoms with Crippen molar-refractivity contribution in [2.45, 2.75) is 11.2 Å². The molecule has 0 saturated carbocycles. The Morgan fingerprint density at radius 1 is 1.73 bits per heavy atom. The largest absolute Gasteiger partial charge is 0.468 e. The van der Waals surface area contributed by atoms with Crippen LogP contribution in [0.5, 0.6) is 0 Å². The van der Waals surface area contributed by atoms with E-state index in [4.69, 9.17) is 0 Å². The summed E-state index contributed by atoms with van der Waals surface area (Å²) >= 11 is 1.39. The minimum absolute atomic E-state index is 0.292. The second-order valence-corrected chi connectivity index (χ2v) is 3.75. The van der Waals surface area contributed by atoms with Gasteiger partial charge >= 0.3 is 5.97 Å². The summed E-state index contributed by atoms with van der Waals surface area (Å²) < 4.78 is 6.18. The van der Waals surface area contributed by atoms with Crippen LogP contribution in [0.25, 0.3) is 0 Å². The smallest absolute Gasteiger partial charge is 0.323 e. The maximum absolute atomic E-state index is 11.2. The Morgan fingerprint density at radius 3 is 2.93 bits per heavy atom. The van der Waals surface area contributed by atoms with Gasteiger partial charge < -0.3 is 10.1 Å². The highest BCUT2D eigenvalue weighted by Gasteiger charge is 2.18. The molecule has 1 unspecified atom stereocenters. The normalized spacial score (nSPS) is 12.5. The van der Waals surface area contributed by atoms with Gasteiger partial charge in [-0.15, -0.1) is 5.10 Å². The van der Waals surface area contributed by atoms with Crippen molar-refractivity contribution in [3.8, 4) is 0 Å². The fraction of sp³-hybridized carbons (Fsp3) is 0.714. The number of carbonyl (C=O) groups is 1. The summed E-state index contributed by atoms with van der Waals surface area (Å²) in [5.41, 5.74) is 0. The SMILES string of the molecule is CNC(CSc1nnnn1C)C(=O)OC. The highest BCUT2D eigenvalue weighted by Crippen LogP contribution is 2.13. The van der Waals surface area contributed by atoms with Crippen LogP contribution in [0.15, 0.2) is 5.16 Å². The van der Waals surface area contributed by atoms with E-state index in [-0.39, 0.29) is 12.0 Å². The van der Waals surface area contributed by atoms with Crippen LogP contribution in [0.1, 0.15) is 0 Å². The van der Waals surface area contributed by atoms with Gasteiger partial charge in [-0.1, -0.05) is 11.8 Å². The lowest BCUT2D eigenvalue weighted by Crippen LogP contribution is -2.37. The number of hydrogen-bond acceptors (Lipinski definition) is 7. The topological polar surface area (TPSA) is 81.9 Å². The first-order valence-corrected chi connectivity index (χ1v) is 5.27. The fourth-order valence-corrected chi connectivity index (χ4v) is 1.85. The summed E-state index contributed by atoms with van der Waals surface area (Å²) in [5, 5.41) is 14.5. The van der Waals surface area contributed by atoms with Crippen molar-refractivity contribution < 1.29 is 9.53 Å². The standard InChI is InChI=1S/C7H13N5O2S/c1-8-5(6(13)14-3)4-15-7-9-10-11-12(7)2/h5,8H,4H2,1-3H3. The first-order chi connectivity index (χ1) is 7.19. The number of aryl methyl sites for hydroxylation is 1. The molecule has 1 N–H and O–H groups in total. The molecule has 8 heteroatoms. The van der Waals surface area contributed by atoms with Crippen LogP contribution in [0.4, 0.5) is 0 Å². The van der Waals surface area contributed by atoms with Crippen LogP contribution in [-0.2, 0) is 16.6 Å². The Morgan fingerprint density at radius 2 is 2.47 bits per heavy atom. The number of rotatable bonds is 5.